The molecule has 1 rings (SSSR count). The van der Waals surface area contributed by atoms with Crippen molar-refractivity contribution < 1.29 is 32.3 Å². The topological polar surface area (TPSA) is 66.4 Å². The standard InChI is InChI=1S/C10H13F4NO3/c11-8(12)10(13,14)9(18)15-6-3-1-2-5(4-6)7(16)17/h5-6,8H,1-4H2,(H,15,18)(H,16,17). The van der Waals surface area contributed by atoms with Gasteiger partial charge in [0.2, 0.25) is 0 Å². The van der Waals surface area contributed by atoms with Crippen LogP contribution < -0.4 is 5.32 Å². The fourth-order valence-electron chi connectivity index (χ4n) is 1.93. The summed E-state index contributed by atoms with van der Waals surface area (Å²) < 4.78 is 49.2. The highest BCUT2D eigenvalue weighted by Gasteiger charge is 2.49. The third kappa shape index (κ3) is 3.33. The van der Waals surface area contributed by atoms with Crippen LogP contribution in [0.5, 0.6) is 0 Å². The van der Waals surface area contributed by atoms with Gasteiger partial charge in [0, 0.05) is 6.04 Å². The Morgan fingerprint density at radius 2 is 1.89 bits per heavy atom. The van der Waals surface area contributed by atoms with Crippen LogP contribution >= 0.6 is 0 Å². The number of carboxylic acids is 1. The maximum atomic E-state index is 12.7. The van der Waals surface area contributed by atoms with Crippen molar-refractivity contribution in [1.82, 2.24) is 5.32 Å². The lowest BCUT2D eigenvalue weighted by molar-refractivity contribution is -0.170. The zero-order chi connectivity index (χ0) is 13.9. The minimum Gasteiger partial charge on any atom is -0.481 e. The molecule has 1 amide bonds. The normalized spacial score (nSPS) is 24.9. The number of hydrogen-bond donors (Lipinski definition) is 2. The summed E-state index contributed by atoms with van der Waals surface area (Å²) in [6, 6.07) is -0.794. The van der Waals surface area contributed by atoms with Crippen molar-refractivity contribution in [2.24, 2.45) is 5.92 Å². The van der Waals surface area contributed by atoms with E-state index < -0.39 is 36.2 Å². The molecule has 0 aromatic rings. The zero-order valence-corrected chi connectivity index (χ0v) is 9.34. The van der Waals surface area contributed by atoms with Crippen molar-refractivity contribution in [1.29, 1.82) is 0 Å². The first-order valence-corrected chi connectivity index (χ1v) is 5.45. The van der Waals surface area contributed by atoms with Crippen molar-refractivity contribution in [2.75, 3.05) is 0 Å². The summed E-state index contributed by atoms with van der Waals surface area (Å²) in [6.07, 6.45) is -2.93. The molecule has 0 saturated heterocycles. The average molecular weight is 271 g/mol. The van der Waals surface area contributed by atoms with Gasteiger partial charge in [-0.15, -0.1) is 0 Å². The Labute approximate surface area is 100 Å². The van der Waals surface area contributed by atoms with Crippen LogP contribution in [0.25, 0.3) is 0 Å². The predicted molar refractivity (Wildman–Crippen MR) is 52.5 cm³/mol. The third-order valence-corrected chi connectivity index (χ3v) is 2.94. The first-order chi connectivity index (χ1) is 8.25. The molecule has 0 aliphatic heterocycles. The van der Waals surface area contributed by atoms with Crippen molar-refractivity contribution in [3.8, 4) is 0 Å². The number of alkyl halides is 4. The van der Waals surface area contributed by atoms with Gasteiger partial charge in [0.25, 0.3) is 5.91 Å². The molecule has 0 heterocycles. The average Bonchev–Trinajstić information content (AvgIpc) is 2.28. The first-order valence-electron chi connectivity index (χ1n) is 5.45. The summed E-state index contributed by atoms with van der Waals surface area (Å²) in [5, 5.41) is 10.6. The van der Waals surface area contributed by atoms with Gasteiger partial charge in [0.15, 0.2) is 0 Å². The van der Waals surface area contributed by atoms with E-state index in [1.807, 2.05) is 0 Å². The summed E-state index contributed by atoms with van der Waals surface area (Å²) in [5.41, 5.74) is 0. The second-order valence-electron chi connectivity index (χ2n) is 4.30. The van der Waals surface area contributed by atoms with Crippen molar-refractivity contribution in [3.63, 3.8) is 0 Å². The molecule has 0 radical (unpaired) electrons. The van der Waals surface area contributed by atoms with Gasteiger partial charge in [-0.2, -0.15) is 8.78 Å². The lowest BCUT2D eigenvalue weighted by Crippen LogP contribution is -2.50. The molecule has 1 aliphatic rings. The van der Waals surface area contributed by atoms with E-state index in [1.54, 1.807) is 5.32 Å². The predicted octanol–water partition coefficient (Wildman–Crippen LogP) is 1.65. The Hall–Kier alpha value is -1.34. The minimum atomic E-state index is -4.74. The van der Waals surface area contributed by atoms with Crippen LogP contribution in [0.15, 0.2) is 0 Å². The molecule has 1 aliphatic carbocycles. The summed E-state index contributed by atoms with van der Waals surface area (Å²) in [5.74, 6) is -8.59. The molecule has 2 unspecified atom stereocenters. The second-order valence-corrected chi connectivity index (χ2v) is 4.30. The van der Waals surface area contributed by atoms with Gasteiger partial charge >= 0.3 is 18.3 Å². The number of carbonyl (C=O) groups excluding carboxylic acids is 1. The molecular formula is C10H13F4NO3. The number of nitrogens with one attached hydrogen (secondary N) is 1. The Kier molecular flexibility index (Phi) is 4.53. The number of hydrogen-bond acceptors (Lipinski definition) is 2. The van der Waals surface area contributed by atoms with Crippen LogP contribution in [0.3, 0.4) is 0 Å². The fraction of sp³-hybridized carbons (Fsp3) is 0.800. The van der Waals surface area contributed by atoms with E-state index >= 15 is 0 Å². The van der Waals surface area contributed by atoms with E-state index in [2.05, 4.69) is 0 Å². The number of aliphatic carboxylic acids is 1. The molecule has 0 aromatic carbocycles. The fourth-order valence-corrected chi connectivity index (χ4v) is 1.93. The maximum absolute atomic E-state index is 12.7. The Bertz CT molecular complexity index is 335. The van der Waals surface area contributed by atoms with E-state index in [0.717, 1.165) is 0 Å². The largest absolute Gasteiger partial charge is 0.481 e. The SMILES string of the molecule is O=C(O)C1CCCC(NC(=O)C(F)(F)C(F)F)C1. The van der Waals surface area contributed by atoms with Crippen LogP contribution in [0.4, 0.5) is 17.6 Å². The van der Waals surface area contributed by atoms with Crippen molar-refractivity contribution in [2.45, 2.75) is 44.1 Å². The van der Waals surface area contributed by atoms with Crippen LogP contribution in [-0.4, -0.2) is 35.4 Å². The van der Waals surface area contributed by atoms with Gasteiger partial charge in [0.1, 0.15) is 0 Å². The van der Waals surface area contributed by atoms with E-state index in [4.69, 9.17) is 5.11 Å². The van der Waals surface area contributed by atoms with Crippen LogP contribution in [-0.2, 0) is 9.59 Å². The van der Waals surface area contributed by atoms with E-state index in [9.17, 15) is 27.2 Å². The quantitative estimate of drug-likeness (QED) is 0.764. The highest BCUT2D eigenvalue weighted by molar-refractivity contribution is 5.84. The molecular weight excluding hydrogens is 258 g/mol. The lowest BCUT2D eigenvalue weighted by atomic mass is 9.85. The summed E-state index contributed by atoms with van der Waals surface area (Å²) in [6.45, 7) is 0. The smallest absolute Gasteiger partial charge is 0.383 e. The lowest BCUT2D eigenvalue weighted by Gasteiger charge is -2.28. The Morgan fingerprint density at radius 3 is 2.39 bits per heavy atom. The molecule has 0 bridgehead atoms. The van der Waals surface area contributed by atoms with Gasteiger partial charge in [-0.3, -0.25) is 9.59 Å². The zero-order valence-electron chi connectivity index (χ0n) is 9.34. The molecule has 1 saturated carbocycles. The summed E-state index contributed by atoms with van der Waals surface area (Å²) >= 11 is 0. The first kappa shape index (κ1) is 14.7. The van der Waals surface area contributed by atoms with Crippen LogP contribution in [0.2, 0.25) is 0 Å². The number of carbonyl (C=O) groups is 2. The molecule has 8 heteroatoms. The molecule has 0 aromatic heterocycles. The molecule has 2 N–H and O–H groups in total. The highest BCUT2D eigenvalue weighted by atomic mass is 19.3. The number of carboxylic acid groups (broad SMARTS) is 1. The highest BCUT2D eigenvalue weighted by Crippen LogP contribution is 2.27. The monoisotopic (exact) mass is 271 g/mol. The number of rotatable bonds is 4. The molecule has 18 heavy (non-hydrogen) atoms. The second kappa shape index (κ2) is 5.53. The van der Waals surface area contributed by atoms with E-state index in [-0.39, 0.29) is 6.42 Å². The third-order valence-electron chi connectivity index (χ3n) is 2.94. The molecule has 0 spiro atoms. The van der Waals surface area contributed by atoms with Gasteiger partial charge in [-0.05, 0) is 19.3 Å². The Morgan fingerprint density at radius 1 is 1.28 bits per heavy atom. The molecule has 1 fully saturated rings. The molecule has 4 nitrogen and oxygen atoms in total. The van der Waals surface area contributed by atoms with Gasteiger partial charge in [0.05, 0.1) is 5.92 Å². The van der Waals surface area contributed by atoms with Gasteiger partial charge in [-0.1, -0.05) is 6.42 Å². The van der Waals surface area contributed by atoms with Crippen LogP contribution in [0, 0.1) is 5.92 Å². The van der Waals surface area contributed by atoms with Gasteiger partial charge < -0.3 is 10.4 Å². The van der Waals surface area contributed by atoms with Crippen LogP contribution in [0.1, 0.15) is 25.7 Å². The summed E-state index contributed by atoms with van der Waals surface area (Å²) in [4.78, 5) is 21.7. The maximum Gasteiger partial charge on any atom is 0.383 e. The van der Waals surface area contributed by atoms with Gasteiger partial charge in [-0.25, -0.2) is 8.78 Å². The van der Waals surface area contributed by atoms with E-state index in [1.165, 1.54) is 0 Å². The molecule has 104 valence electrons. The molecule has 2 atom stereocenters. The minimum absolute atomic E-state index is 0.0135. The van der Waals surface area contributed by atoms with E-state index in [0.29, 0.717) is 19.3 Å². The summed E-state index contributed by atoms with van der Waals surface area (Å²) in [7, 11) is 0. The Balaban J connectivity index is 2.57. The van der Waals surface area contributed by atoms with Crippen molar-refractivity contribution in [3.05, 3.63) is 0 Å². The number of amides is 1. The van der Waals surface area contributed by atoms with Crippen molar-refractivity contribution >= 4 is 11.9 Å². The number of halogens is 4.